The molecule has 0 aliphatic rings. The van der Waals surface area contributed by atoms with Crippen molar-refractivity contribution < 1.29 is 14.8 Å². The van der Waals surface area contributed by atoms with Gasteiger partial charge in [-0.2, -0.15) is 0 Å². The molecule has 0 fully saturated rings. The molecule has 86 valence electrons. The van der Waals surface area contributed by atoms with Gasteiger partial charge in [-0.05, 0) is 12.5 Å². The summed E-state index contributed by atoms with van der Waals surface area (Å²) in [4.78, 5) is 20.8. The average Bonchev–Trinajstić information content (AvgIpc) is 2.17. The van der Waals surface area contributed by atoms with Gasteiger partial charge in [-0.15, -0.1) is 0 Å². The molecule has 0 unspecified atom stereocenters. The second kappa shape index (κ2) is 4.28. The highest BCUT2D eigenvalue weighted by atomic mass is 16.6. The number of carbonyl (C=O) groups is 1. The van der Waals surface area contributed by atoms with Gasteiger partial charge < -0.3 is 10.8 Å². The first-order valence-corrected chi connectivity index (χ1v) is 4.58. The summed E-state index contributed by atoms with van der Waals surface area (Å²) in [6.45, 7) is 1.37. The molecule has 3 N–H and O–H groups in total. The molecule has 0 aromatic heterocycles. The van der Waals surface area contributed by atoms with Crippen LogP contribution in [-0.4, -0.2) is 21.5 Å². The Kier molecular flexibility index (Phi) is 3.24. The Bertz CT molecular complexity index is 429. The SMILES string of the molecule is C[C@](N)(Cc1cccc([N+](=O)[O-])c1)C(=O)O. The lowest BCUT2D eigenvalue weighted by Crippen LogP contribution is -2.46. The van der Waals surface area contributed by atoms with Crippen LogP contribution in [-0.2, 0) is 11.2 Å². The second-order valence-corrected chi connectivity index (χ2v) is 3.83. The van der Waals surface area contributed by atoms with Crippen LogP contribution in [0.1, 0.15) is 12.5 Å². The topological polar surface area (TPSA) is 106 Å². The smallest absolute Gasteiger partial charge is 0.323 e. The van der Waals surface area contributed by atoms with Gasteiger partial charge in [0.2, 0.25) is 0 Å². The molecule has 0 aliphatic heterocycles. The van der Waals surface area contributed by atoms with Crippen LogP contribution in [0.2, 0.25) is 0 Å². The minimum atomic E-state index is -1.42. The molecule has 0 spiro atoms. The number of carboxylic acids is 1. The van der Waals surface area contributed by atoms with Gasteiger partial charge in [-0.25, -0.2) is 0 Å². The molecule has 0 saturated heterocycles. The van der Waals surface area contributed by atoms with E-state index in [0.29, 0.717) is 5.56 Å². The van der Waals surface area contributed by atoms with Gasteiger partial charge in [0, 0.05) is 18.6 Å². The van der Waals surface area contributed by atoms with Crippen LogP contribution < -0.4 is 5.73 Å². The Morgan fingerprint density at radius 3 is 2.75 bits per heavy atom. The van der Waals surface area contributed by atoms with E-state index in [1.54, 1.807) is 6.07 Å². The van der Waals surface area contributed by atoms with Crippen LogP contribution >= 0.6 is 0 Å². The van der Waals surface area contributed by atoms with Crippen molar-refractivity contribution in [3.63, 3.8) is 0 Å². The predicted octanol–water partition coefficient (Wildman–Crippen LogP) is 0.939. The van der Waals surface area contributed by atoms with E-state index >= 15 is 0 Å². The third-order valence-electron chi connectivity index (χ3n) is 2.18. The fourth-order valence-electron chi connectivity index (χ4n) is 1.28. The summed E-state index contributed by atoms with van der Waals surface area (Å²) in [5.41, 5.74) is 4.59. The van der Waals surface area contributed by atoms with Crippen LogP contribution in [0.5, 0.6) is 0 Å². The summed E-state index contributed by atoms with van der Waals surface area (Å²) in [5.74, 6) is -1.14. The Hall–Kier alpha value is -1.95. The number of benzene rings is 1. The van der Waals surface area contributed by atoms with E-state index in [1.807, 2.05) is 0 Å². The van der Waals surface area contributed by atoms with Gasteiger partial charge in [0.15, 0.2) is 0 Å². The number of nitro benzene ring substituents is 1. The van der Waals surface area contributed by atoms with Crippen molar-refractivity contribution in [3.8, 4) is 0 Å². The van der Waals surface area contributed by atoms with E-state index in [4.69, 9.17) is 10.8 Å². The quantitative estimate of drug-likeness (QED) is 0.584. The van der Waals surface area contributed by atoms with Crippen LogP contribution in [0.4, 0.5) is 5.69 Å². The molecule has 0 saturated carbocycles. The van der Waals surface area contributed by atoms with Crippen molar-refractivity contribution in [1.82, 2.24) is 0 Å². The number of rotatable bonds is 4. The van der Waals surface area contributed by atoms with Gasteiger partial charge in [-0.3, -0.25) is 14.9 Å². The second-order valence-electron chi connectivity index (χ2n) is 3.83. The van der Waals surface area contributed by atoms with Crippen molar-refractivity contribution in [3.05, 3.63) is 39.9 Å². The number of nitro groups is 1. The maximum absolute atomic E-state index is 10.8. The number of non-ortho nitro benzene ring substituents is 1. The number of nitrogens with two attached hydrogens (primary N) is 1. The monoisotopic (exact) mass is 224 g/mol. The van der Waals surface area contributed by atoms with Gasteiger partial charge in [0.1, 0.15) is 5.54 Å². The van der Waals surface area contributed by atoms with Gasteiger partial charge >= 0.3 is 5.97 Å². The van der Waals surface area contributed by atoms with Crippen LogP contribution in [0.25, 0.3) is 0 Å². The lowest BCUT2D eigenvalue weighted by atomic mass is 9.94. The first-order valence-electron chi connectivity index (χ1n) is 4.58. The average molecular weight is 224 g/mol. The van der Waals surface area contributed by atoms with E-state index < -0.39 is 16.4 Å². The van der Waals surface area contributed by atoms with Crippen molar-refractivity contribution in [2.45, 2.75) is 18.9 Å². The molecule has 0 aliphatic carbocycles. The largest absolute Gasteiger partial charge is 0.480 e. The number of carboxylic acid groups (broad SMARTS) is 1. The van der Waals surface area contributed by atoms with Gasteiger partial charge in [0.25, 0.3) is 5.69 Å². The molecule has 1 rings (SSSR count). The standard InChI is InChI=1S/C10H12N2O4/c1-10(11,9(13)14)6-7-3-2-4-8(5-7)12(15)16/h2-5H,6,11H2,1H3,(H,13,14)/t10-/m0/s1. The summed E-state index contributed by atoms with van der Waals surface area (Å²) >= 11 is 0. The summed E-state index contributed by atoms with van der Waals surface area (Å²) in [7, 11) is 0. The first-order chi connectivity index (χ1) is 7.33. The minimum absolute atomic E-state index is 0.0456. The van der Waals surface area contributed by atoms with E-state index in [0.717, 1.165) is 0 Å². The maximum atomic E-state index is 10.8. The molecule has 16 heavy (non-hydrogen) atoms. The first kappa shape index (κ1) is 12.1. The fraction of sp³-hybridized carbons (Fsp3) is 0.300. The number of hydrogen-bond acceptors (Lipinski definition) is 4. The highest BCUT2D eigenvalue weighted by Gasteiger charge is 2.28. The molecule has 0 heterocycles. The van der Waals surface area contributed by atoms with Gasteiger partial charge in [0.05, 0.1) is 4.92 Å². The Labute approximate surface area is 91.8 Å². The molecule has 0 bridgehead atoms. The van der Waals surface area contributed by atoms with Gasteiger partial charge in [-0.1, -0.05) is 12.1 Å². The van der Waals surface area contributed by atoms with Crippen molar-refractivity contribution in [2.24, 2.45) is 5.73 Å². The van der Waals surface area contributed by atoms with Crippen LogP contribution in [0.3, 0.4) is 0 Å². The summed E-state index contributed by atoms with van der Waals surface area (Å²) < 4.78 is 0. The fourth-order valence-corrected chi connectivity index (χ4v) is 1.28. The number of hydrogen-bond donors (Lipinski definition) is 2. The Balaban J connectivity index is 2.94. The summed E-state index contributed by atoms with van der Waals surface area (Å²) in [6.07, 6.45) is 0.0456. The van der Waals surface area contributed by atoms with Crippen LogP contribution in [0, 0.1) is 10.1 Å². The summed E-state index contributed by atoms with van der Waals surface area (Å²) in [5, 5.41) is 19.3. The normalized spacial score (nSPS) is 14.1. The molecular formula is C10H12N2O4. The molecule has 1 atom stereocenters. The van der Waals surface area contributed by atoms with Crippen molar-refractivity contribution in [1.29, 1.82) is 0 Å². The number of aliphatic carboxylic acids is 1. The lowest BCUT2D eigenvalue weighted by Gasteiger charge is -2.18. The molecule has 1 aromatic carbocycles. The zero-order valence-electron chi connectivity index (χ0n) is 8.71. The van der Waals surface area contributed by atoms with Crippen molar-refractivity contribution >= 4 is 11.7 Å². The molecule has 6 nitrogen and oxygen atoms in total. The third kappa shape index (κ3) is 2.77. The molecule has 0 amide bonds. The zero-order chi connectivity index (χ0) is 12.3. The predicted molar refractivity (Wildman–Crippen MR) is 57.0 cm³/mol. The number of nitrogens with zero attached hydrogens (tertiary/aromatic N) is 1. The lowest BCUT2D eigenvalue weighted by molar-refractivity contribution is -0.384. The van der Waals surface area contributed by atoms with E-state index in [9.17, 15) is 14.9 Å². The minimum Gasteiger partial charge on any atom is -0.480 e. The Morgan fingerprint density at radius 1 is 1.62 bits per heavy atom. The highest BCUT2D eigenvalue weighted by molar-refractivity contribution is 5.78. The van der Waals surface area contributed by atoms with Crippen LogP contribution in [0.15, 0.2) is 24.3 Å². The molecular weight excluding hydrogens is 212 g/mol. The molecule has 6 heteroatoms. The maximum Gasteiger partial charge on any atom is 0.323 e. The van der Waals surface area contributed by atoms with E-state index in [2.05, 4.69) is 0 Å². The van der Waals surface area contributed by atoms with Crippen molar-refractivity contribution in [2.75, 3.05) is 0 Å². The molecule has 0 radical (unpaired) electrons. The third-order valence-corrected chi connectivity index (χ3v) is 2.18. The van der Waals surface area contributed by atoms with E-state index in [-0.39, 0.29) is 12.1 Å². The molecule has 1 aromatic rings. The Morgan fingerprint density at radius 2 is 2.25 bits per heavy atom. The zero-order valence-corrected chi connectivity index (χ0v) is 8.71. The summed E-state index contributed by atoms with van der Waals surface area (Å²) in [6, 6.07) is 5.79. The highest BCUT2D eigenvalue weighted by Crippen LogP contribution is 2.17. The van der Waals surface area contributed by atoms with E-state index in [1.165, 1.54) is 25.1 Å².